The quantitative estimate of drug-likeness (QED) is 0.198. The summed E-state index contributed by atoms with van der Waals surface area (Å²) in [5, 5.41) is 0. The molecule has 1 atom stereocenters. The van der Waals surface area contributed by atoms with Crippen molar-refractivity contribution >= 4 is 26.0 Å². The van der Waals surface area contributed by atoms with Crippen molar-refractivity contribution in [2.45, 2.75) is 39.5 Å². The van der Waals surface area contributed by atoms with Crippen molar-refractivity contribution < 1.29 is 14.3 Å². The van der Waals surface area contributed by atoms with Crippen molar-refractivity contribution in [3.8, 4) is 11.5 Å². The number of rotatable bonds is 4. The number of ketones is 1. The highest BCUT2D eigenvalue weighted by molar-refractivity contribution is 6.84. The molecule has 4 nitrogen and oxygen atoms in total. The Labute approximate surface area is 117 Å². The molecule has 0 radical (unpaired) electrons. The number of Topliss-reactive ketones (excluding diaryl/α,β-unsaturated/α-hetero) is 1. The first-order valence-corrected chi connectivity index (χ1v) is 9.49. The molecule has 0 fully saturated rings. The third-order valence-corrected chi connectivity index (χ3v) is 2.52. The highest BCUT2D eigenvalue weighted by Gasteiger charge is 2.22. The number of carbonyl (C=O) groups excluding carboxylic acids is 2. The lowest BCUT2D eigenvalue weighted by Gasteiger charge is -2.06. The van der Waals surface area contributed by atoms with Gasteiger partial charge in [-0.1, -0.05) is 25.6 Å². The Morgan fingerprint density at radius 1 is 1.37 bits per heavy atom. The smallest absolute Gasteiger partial charge is 0.338 e. The van der Waals surface area contributed by atoms with Crippen LogP contribution in [0.5, 0.6) is 0 Å². The van der Waals surface area contributed by atoms with Gasteiger partial charge in [0.15, 0.2) is 5.78 Å². The number of carbonyl (C=O) groups is 2. The fourth-order valence-electron chi connectivity index (χ4n) is 0.914. The lowest BCUT2D eigenvalue weighted by Crippen LogP contribution is -2.28. The Hall–Kier alpha value is -1.67. The molecule has 0 bridgehead atoms. The molecule has 0 aliphatic heterocycles. The van der Waals surface area contributed by atoms with E-state index in [-0.39, 0.29) is 12.4 Å². The fourth-order valence-corrected chi connectivity index (χ4v) is 1.41. The van der Waals surface area contributed by atoms with E-state index in [1.165, 1.54) is 13.1 Å². The molecule has 0 aliphatic rings. The molecule has 0 N–H and O–H groups in total. The summed E-state index contributed by atoms with van der Waals surface area (Å²) in [6.45, 7) is 15.5. The van der Waals surface area contributed by atoms with Gasteiger partial charge in [0.2, 0.25) is 6.04 Å². The van der Waals surface area contributed by atoms with Crippen LogP contribution in [0.15, 0.2) is 18.2 Å². The molecule has 0 rings (SSSR count). The molecule has 0 aromatic carbocycles. The molecule has 1 unspecified atom stereocenters. The number of ether oxygens (including phenoxy) is 1. The minimum absolute atomic E-state index is 0.235. The van der Waals surface area contributed by atoms with E-state index in [1.54, 1.807) is 6.92 Å². The minimum Gasteiger partial charge on any atom is -0.464 e. The van der Waals surface area contributed by atoms with Crippen molar-refractivity contribution in [3.05, 3.63) is 13.2 Å². The van der Waals surface area contributed by atoms with Gasteiger partial charge in [-0.05, 0) is 13.8 Å². The third kappa shape index (κ3) is 11.2. The minimum atomic E-state index is -1.45. The van der Waals surface area contributed by atoms with E-state index in [0.29, 0.717) is 0 Å². The molecule has 19 heavy (non-hydrogen) atoms. The number of aliphatic imine (C=N–C) groups is 1. The zero-order chi connectivity index (χ0) is 15.5. The number of hydrogen-bond donors (Lipinski definition) is 0. The van der Waals surface area contributed by atoms with Gasteiger partial charge in [0.25, 0.3) is 0 Å². The van der Waals surface area contributed by atoms with Gasteiger partial charge >= 0.3 is 5.97 Å². The van der Waals surface area contributed by atoms with Crippen LogP contribution >= 0.6 is 0 Å². The molecule has 0 spiro atoms. The summed E-state index contributed by atoms with van der Waals surface area (Å²) < 4.78 is 4.75. The first-order valence-electron chi connectivity index (χ1n) is 5.99. The SMILES string of the molecule is C=C.CCOC(=O)C(/N=C/C#C[Si](C)(C)C)C(C)=O. The maximum Gasteiger partial charge on any atom is 0.338 e. The number of esters is 1. The second-order valence-electron chi connectivity index (χ2n) is 4.56. The van der Waals surface area contributed by atoms with Crippen molar-refractivity contribution in [1.29, 1.82) is 0 Å². The Balaban J connectivity index is 0. The Bertz CT molecular complexity index is 386. The largest absolute Gasteiger partial charge is 0.464 e. The summed E-state index contributed by atoms with van der Waals surface area (Å²) in [6, 6.07) is -1.08. The van der Waals surface area contributed by atoms with E-state index >= 15 is 0 Å². The first-order chi connectivity index (χ1) is 8.78. The maximum absolute atomic E-state index is 11.4. The summed E-state index contributed by atoms with van der Waals surface area (Å²) in [4.78, 5) is 26.4. The molecule has 0 saturated heterocycles. The second-order valence-corrected chi connectivity index (χ2v) is 9.31. The normalized spacial score (nSPS) is 11.6. The molecular formula is C14H23NO3Si. The molecule has 0 aromatic rings. The molecule has 106 valence electrons. The standard InChI is InChI=1S/C12H19NO3Si.C2H4/c1-6-16-12(15)11(10(2)14)13-8-7-9-17(3,4)5;1-2/h8,11H,6H2,1-5H3;1-2H2/b13-8+;. The monoisotopic (exact) mass is 281 g/mol. The van der Waals surface area contributed by atoms with Crippen molar-refractivity contribution in [2.24, 2.45) is 4.99 Å². The van der Waals surface area contributed by atoms with Gasteiger partial charge in [0.1, 0.15) is 8.07 Å². The summed E-state index contributed by atoms with van der Waals surface area (Å²) in [5.41, 5.74) is 3.06. The van der Waals surface area contributed by atoms with E-state index in [4.69, 9.17) is 4.74 Å². The molecule has 0 aromatic heterocycles. The molecular weight excluding hydrogens is 258 g/mol. The Kier molecular flexibility index (Phi) is 10.6. The summed E-state index contributed by atoms with van der Waals surface area (Å²) >= 11 is 0. The van der Waals surface area contributed by atoms with Gasteiger partial charge in [-0.3, -0.25) is 9.79 Å². The van der Waals surface area contributed by atoms with Crippen molar-refractivity contribution in [3.63, 3.8) is 0 Å². The average Bonchev–Trinajstić information content (AvgIpc) is 2.29. The molecule has 0 saturated carbocycles. The van der Waals surface area contributed by atoms with Crippen LogP contribution in [0, 0.1) is 11.5 Å². The topological polar surface area (TPSA) is 55.7 Å². The second kappa shape index (κ2) is 10.3. The van der Waals surface area contributed by atoms with Gasteiger partial charge in [0.05, 0.1) is 12.8 Å². The molecule has 0 heterocycles. The maximum atomic E-state index is 11.4. The Morgan fingerprint density at radius 2 is 1.89 bits per heavy atom. The van der Waals surface area contributed by atoms with Crippen LogP contribution < -0.4 is 0 Å². The van der Waals surface area contributed by atoms with Crippen LogP contribution in [0.25, 0.3) is 0 Å². The molecule has 0 amide bonds. The van der Waals surface area contributed by atoms with Gasteiger partial charge in [-0.2, -0.15) is 0 Å². The van der Waals surface area contributed by atoms with Crippen molar-refractivity contribution in [1.82, 2.24) is 0 Å². The van der Waals surface area contributed by atoms with Crippen molar-refractivity contribution in [2.75, 3.05) is 6.61 Å². The van der Waals surface area contributed by atoms with Crippen LogP contribution in [0.2, 0.25) is 19.6 Å². The van der Waals surface area contributed by atoms with Crippen LogP contribution in [-0.2, 0) is 14.3 Å². The van der Waals surface area contributed by atoms with E-state index in [0.717, 1.165) is 0 Å². The van der Waals surface area contributed by atoms with E-state index in [9.17, 15) is 9.59 Å². The average molecular weight is 281 g/mol. The van der Waals surface area contributed by atoms with Crippen LogP contribution in [0.3, 0.4) is 0 Å². The number of nitrogens with zero attached hydrogens (tertiary/aromatic N) is 1. The lowest BCUT2D eigenvalue weighted by molar-refractivity contribution is -0.146. The van der Waals surface area contributed by atoms with Gasteiger partial charge in [-0.15, -0.1) is 18.7 Å². The zero-order valence-corrected chi connectivity index (χ0v) is 13.4. The molecule has 0 aliphatic carbocycles. The van der Waals surface area contributed by atoms with Gasteiger partial charge < -0.3 is 4.74 Å². The summed E-state index contributed by atoms with van der Waals surface area (Å²) in [6.07, 6.45) is 1.32. The predicted molar refractivity (Wildman–Crippen MR) is 82.0 cm³/mol. The highest BCUT2D eigenvalue weighted by atomic mass is 28.3. The van der Waals surface area contributed by atoms with Crippen LogP contribution in [0.4, 0.5) is 0 Å². The lowest BCUT2D eigenvalue weighted by atomic mass is 10.2. The summed E-state index contributed by atoms with van der Waals surface area (Å²) in [5.74, 6) is 1.81. The van der Waals surface area contributed by atoms with Gasteiger partial charge in [-0.25, -0.2) is 4.79 Å². The third-order valence-electron chi connectivity index (χ3n) is 1.63. The summed E-state index contributed by atoms with van der Waals surface area (Å²) in [7, 11) is -1.45. The van der Waals surface area contributed by atoms with E-state index in [2.05, 4.69) is 49.3 Å². The van der Waals surface area contributed by atoms with Gasteiger partial charge in [0, 0.05) is 0 Å². The highest BCUT2D eigenvalue weighted by Crippen LogP contribution is 1.98. The Morgan fingerprint density at radius 3 is 2.26 bits per heavy atom. The predicted octanol–water partition coefficient (Wildman–Crippen LogP) is 2.26. The molecule has 5 heteroatoms. The van der Waals surface area contributed by atoms with E-state index in [1.807, 2.05) is 0 Å². The van der Waals surface area contributed by atoms with E-state index < -0.39 is 20.1 Å². The van der Waals surface area contributed by atoms with Crippen LogP contribution in [-0.4, -0.2) is 38.7 Å². The zero-order valence-electron chi connectivity index (χ0n) is 12.4. The first kappa shape index (κ1) is 19.7. The van der Waals surface area contributed by atoms with Crippen LogP contribution in [0.1, 0.15) is 13.8 Å². The fraction of sp³-hybridized carbons (Fsp3) is 0.500. The number of hydrogen-bond acceptors (Lipinski definition) is 4.